The highest BCUT2D eigenvalue weighted by Gasteiger charge is 2.07. The molecule has 0 aliphatic heterocycles. The minimum absolute atomic E-state index is 0.164. The molecule has 4 heteroatoms. The summed E-state index contributed by atoms with van der Waals surface area (Å²) < 4.78 is 0. The Morgan fingerprint density at radius 2 is 2.00 bits per heavy atom. The van der Waals surface area contributed by atoms with Gasteiger partial charge in [0.2, 0.25) is 5.91 Å². The third kappa shape index (κ3) is 3.42. The lowest BCUT2D eigenvalue weighted by molar-refractivity contribution is -0.117. The minimum Gasteiger partial charge on any atom is -0.370 e. The molecule has 0 radical (unpaired) electrons. The molecule has 0 unspecified atom stereocenters. The lowest BCUT2D eigenvalue weighted by atomic mass is 10.1. The van der Waals surface area contributed by atoms with Crippen molar-refractivity contribution in [2.45, 2.75) is 13.3 Å². The molecule has 0 spiro atoms. The predicted octanol–water partition coefficient (Wildman–Crippen LogP) is 0.600. The van der Waals surface area contributed by atoms with Gasteiger partial charge in [0.1, 0.15) is 0 Å². The standard InChI is InChI=1S/C11H14N2O2/c1-8-4-2-3-5-9(8)11(15)13-7-6-10(12)14/h2-5H,6-7H2,1H3,(H2,12,14)(H,13,15). The van der Waals surface area contributed by atoms with Gasteiger partial charge >= 0.3 is 0 Å². The molecule has 0 aliphatic carbocycles. The Labute approximate surface area is 88.5 Å². The molecule has 4 nitrogen and oxygen atoms in total. The van der Waals surface area contributed by atoms with Gasteiger partial charge in [-0.25, -0.2) is 0 Å². The number of amides is 2. The molecule has 2 amide bonds. The molecule has 1 aromatic carbocycles. The summed E-state index contributed by atoms with van der Waals surface area (Å²) in [5.74, 6) is -0.588. The van der Waals surface area contributed by atoms with Crippen LogP contribution in [0.1, 0.15) is 22.3 Å². The summed E-state index contributed by atoms with van der Waals surface area (Å²) in [7, 11) is 0. The lowest BCUT2D eigenvalue weighted by Gasteiger charge is -2.05. The molecule has 0 aromatic heterocycles. The summed E-state index contributed by atoms with van der Waals surface area (Å²) in [6.45, 7) is 2.14. The van der Waals surface area contributed by atoms with Gasteiger partial charge in [-0.15, -0.1) is 0 Å². The Morgan fingerprint density at radius 1 is 1.33 bits per heavy atom. The molecular formula is C11H14N2O2. The largest absolute Gasteiger partial charge is 0.370 e. The Kier molecular flexibility index (Phi) is 3.85. The van der Waals surface area contributed by atoms with Gasteiger partial charge in [0.15, 0.2) is 0 Å². The van der Waals surface area contributed by atoms with E-state index in [-0.39, 0.29) is 18.9 Å². The number of hydrogen-bond acceptors (Lipinski definition) is 2. The molecule has 0 fully saturated rings. The first-order valence-electron chi connectivity index (χ1n) is 4.73. The monoisotopic (exact) mass is 206 g/mol. The van der Waals surface area contributed by atoms with Crippen molar-refractivity contribution < 1.29 is 9.59 Å². The average molecular weight is 206 g/mol. The molecule has 1 aromatic rings. The van der Waals surface area contributed by atoms with Gasteiger partial charge in [-0.05, 0) is 18.6 Å². The van der Waals surface area contributed by atoms with Crippen LogP contribution in [0.4, 0.5) is 0 Å². The van der Waals surface area contributed by atoms with E-state index in [4.69, 9.17) is 5.73 Å². The second-order valence-electron chi connectivity index (χ2n) is 3.29. The number of nitrogens with one attached hydrogen (secondary N) is 1. The van der Waals surface area contributed by atoms with Crippen LogP contribution in [0, 0.1) is 6.92 Å². The van der Waals surface area contributed by atoms with Crippen molar-refractivity contribution in [1.82, 2.24) is 5.32 Å². The minimum atomic E-state index is -0.417. The van der Waals surface area contributed by atoms with Crippen LogP contribution in [0.15, 0.2) is 24.3 Å². The molecular weight excluding hydrogens is 192 g/mol. The molecule has 1 rings (SSSR count). The molecule has 0 saturated carbocycles. The van der Waals surface area contributed by atoms with Crippen molar-refractivity contribution in [3.63, 3.8) is 0 Å². The van der Waals surface area contributed by atoms with Gasteiger partial charge in [0.25, 0.3) is 5.91 Å². The Bertz CT molecular complexity index is 375. The number of benzene rings is 1. The number of carbonyl (C=O) groups is 2. The van der Waals surface area contributed by atoms with Crippen molar-refractivity contribution >= 4 is 11.8 Å². The molecule has 15 heavy (non-hydrogen) atoms. The van der Waals surface area contributed by atoms with Crippen molar-refractivity contribution in [1.29, 1.82) is 0 Å². The number of primary amides is 1. The maximum absolute atomic E-state index is 11.6. The summed E-state index contributed by atoms with van der Waals surface area (Å²) in [5.41, 5.74) is 6.50. The number of nitrogens with two attached hydrogens (primary N) is 1. The maximum Gasteiger partial charge on any atom is 0.251 e. The molecule has 0 heterocycles. The molecule has 80 valence electrons. The van der Waals surface area contributed by atoms with Crippen LogP contribution in [0.2, 0.25) is 0 Å². The van der Waals surface area contributed by atoms with E-state index in [0.29, 0.717) is 5.56 Å². The Hall–Kier alpha value is -1.84. The van der Waals surface area contributed by atoms with E-state index in [9.17, 15) is 9.59 Å². The van der Waals surface area contributed by atoms with Gasteiger partial charge in [0, 0.05) is 18.5 Å². The first-order chi connectivity index (χ1) is 7.11. The zero-order valence-corrected chi connectivity index (χ0v) is 8.62. The van der Waals surface area contributed by atoms with E-state index >= 15 is 0 Å². The Morgan fingerprint density at radius 3 is 2.60 bits per heavy atom. The van der Waals surface area contributed by atoms with Gasteiger partial charge in [-0.3, -0.25) is 9.59 Å². The van der Waals surface area contributed by atoms with Crippen molar-refractivity contribution in [2.24, 2.45) is 5.73 Å². The fraction of sp³-hybridized carbons (Fsp3) is 0.273. The highest BCUT2D eigenvalue weighted by atomic mass is 16.2. The van der Waals surface area contributed by atoms with Crippen LogP contribution >= 0.6 is 0 Å². The molecule has 0 aliphatic rings. The van der Waals surface area contributed by atoms with Crippen molar-refractivity contribution in [3.8, 4) is 0 Å². The Balaban J connectivity index is 2.54. The van der Waals surface area contributed by atoms with Gasteiger partial charge in [-0.1, -0.05) is 18.2 Å². The smallest absolute Gasteiger partial charge is 0.251 e. The van der Waals surface area contributed by atoms with Gasteiger partial charge in [-0.2, -0.15) is 0 Å². The van der Waals surface area contributed by atoms with Crippen molar-refractivity contribution in [3.05, 3.63) is 35.4 Å². The number of aryl methyl sites for hydroxylation is 1. The highest BCUT2D eigenvalue weighted by Crippen LogP contribution is 2.06. The van der Waals surface area contributed by atoms with Crippen molar-refractivity contribution in [2.75, 3.05) is 6.54 Å². The first kappa shape index (κ1) is 11.2. The van der Waals surface area contributed by atoms with Gasteiger partial charge < -0.3 is 11.1 Å². The predicted molar refractivity (Wildman–Crippen MR) is 57.3 cm³/mol. The fourth-order valence-corrected chi connectivity index (χ4v) is 1.22. The number of rotatable bonds is 4. The van der Waals surface area contributed by atoms with E-state index in [1.807, 2.05) is 19.1 Å². The second kappa shape index (κ2) is 5.14. The summed E-state index contributed by atoms with van der Waals surface area (Å²) in [4.78, 5) is 22.0. The summed E-state index contributed by atoms with van der Waals surface area (Å²) >= 11 is 0. The van der Waals surface area contributed by atoms with Crippen LogP contribution in [0.25, 0.3) is 0 Å². The third-order valence-corrected chi connectivity index (χ3v) is 2.05. The van der Waals surface area contributed by atoms with Crippen LogP contribution in [0.5, 0.6) is 0 Å². The van der Waals surface area contributed by atoms with E-state index in [1.165, 1.54) is 0 Å². The summed E-state index contributed by atoms with van der Waals surface area (Å²) in [6, 6.07) is 7.28. The average Bonchev–Trinajstić information content (AvgIpc) is 2.17. The van der Waals surface area contributed by atoms with Crippen LogP contribution in [-0.2, 0) is 4.79 Å². The van der Waals surface area contributed by atoms with E-state index in [1.54, 1.807) is 12.1 Å². The molecule has 3 N–H and O–H groups in total. The van der Waals surface area contributed by atoms with Crippen LogP contribution in [0.3, 0.4) is 0 Å². The normalized spacial score (nSPS) is 9.67. The third-order valence-electron chi connectivity index (χ3n) is 2.05. The van der Waals surface area contributed by atoms with E-state index < -0.39 is 5.91 Å². The SMILES string of the molecule is Cc1ccccc1C(=O)NCCC(N)=O. The van der Waals surface area contributed by atoms with E-state index in [0.717, 1.165) is 5.56 Å². The second-order valence-corrected chi connectivity index (χ2v) is 3.29. The lowest BCUT2D eigenvalue weighted by Crippen LogP contribution is -2.28. The molecule has 0 bridgehead atoms. The molecule has 0 atom stereocenters. The van der Waals surface area contributed by atoms with Crippen LogP contribution < -0.4 is 11.1 Å². The van der Waals surface area contributed by atoms with Gasteiger partial charge in [0.05, 0.1) is 0 Å². The summed E-state index contributed by atoms with van der Waals surface area (Å²) in [6.07, 6.45) is 0.164. The zero-order chi connectivity index (χ0) is 11.3. The summed E-state index contributed by atoms with van der Waals surface area (Å²) in [5, 5.41) is 2.63. The fourth-order valence-electron chi connectivity index (χ4n) is 1.22. The zero-order valence-electron chi connectivity index (χ0n) is 8.62. The van der Waals surface area contributed by atoms with E-state index in [2.05, 4.69) is 5.32 Å². The number of carbonyl (C=O) groups excluding carboxylic acids is 2. The first-order valence-corrected chi connectivity index (χ1v) is 4.73. The highest BCUT2D eigenvalue weighted by molar-refractivity contribution is 5.95. The number of hydrogen-bond donors (Lipinski definition) is 2. The quantitative estimate of drug-likeness (QED) is 0.757. The molecule has 0 saturated heterocycles. The van der Waals surface area contributed by atoms with Crippen LogP contribution in [-0.4, -0.2) is 18.4 Å². The maximum atomic E-state index is 11.6. The topological polar surface area (TPSA) is 72.2 Å².